The van der Waals surface area contributed by atoms with Crippen LogP contribution in [-0.4, -0.2) is 61.7 Å². The van der Waals surface area contributed by atoms with Gasteiger partial charge in [-0.2, -0.15) is 0 Å². The molecule has 3 aliphatic heterocycles. The van der Waals surface area contributed by atoms with Crippen molar-refractivity contribution in [2.24, 2.45) is 4.40 Å². The molecule has 2 aromatic carbocycles. The lowest BCUT2D eigenvalue weighted by molar-refractivity contribution is 0.0698. The number of sulfonamides is 1. The number of hydrogen-bond acceptors (Lipinski definition) is 6. The molecule has 172 valence electrons. The Balaban J connectivity index is 1.22. The van der Waals surface area contributed by atoms with Crippen LogP contribution in [0.5, 0.6) is 0 Å². The maximum atomic E-state index is 13.1. The number of carbonyl (C=O) groups excluding carboxylic acids is 2. The number of benzene rings is 2. The van der Waals surface area contributed by atoms with E-state index in [2.05, 4.69) is 9.71 Å². The van der Waals surface area contributed by atoms with E-state index < -0.39 is 10.0 Å². The molecule has 0 saturated carbocycles. The number of carbonyl (C=O) groups is 2. The second-order valence-electron chi connectivity index (χ2n) is 8.45. The first kappa shape index (κ1) is 22.0. The first-order valence-electron chi connectivity index (χ1n) is 10.9. The largest absolute Gasteiger partial charge is 0.349 e. The van der Waals surface area contributed by atoms with Gasteiger partial charge in [0.2, 0.25) is 0 Å². The van der Waals surface area contributed by atoms with Crippen LogP contribution in [0.3, 0.4) is 0 Å². The van der Waals surface area contributed by atoms with Gasteiger partial charge in [0.25, 0.3) is 21.8 Å². The van der Waals surface area contributed by atoms with Crippen molar-refractivity contribution < 1.29 is 18.0 Å². The number of piperidine rings is 1. The van der Waals surface area contributed by atoms with Gasteiger partial charge in [0.15, 0.2) is 5.17 Å². The third-order valence-corrected chi connectivity index (χ3v) is 8.53. The Morgan fingerprint density at radius 3 is 2.61 bits per heavy atom. The summed E-state index contributed by atoms with van der Waals surface area (Å²) in [5, 5.41) is 3.55. The van der Waals surface area contributed by atoms with E-state index in [1.807, 2.05) is 53.1 Å². The zero-order valence-corrected chi connectivity index (χ0v) is 19.8. The Bertz CT molecular complexity index is 1270. The molecule has 5 rings (SSSR count). The molecule has 0 radical (unpaired) electrons. The number of anilines is 1. The molecule has 0 aromatic heterocycles. The Morgan fingerprint density at radius 2 is 1.85 bits per heavy atom. The molecule has 0 aliphatic carbocycles. The van der Waals surface area contributed by atoms with E-state index >= 15 is 0 Å². The lowest BCUT2D eigenvalue weighted by Crippen LogP contribution is -2.46. The number of rotatable bonds is 3. The average Bonchev–Trinajstić information content (AvgIpc) is 3.14. The number of likely N-dealkylation sites (tertiary alicyclic amines) is 1. The fraction of sp³-hybridized carbons (Fsp3) is 0.348. The fourth-order valence-electron chi connectivity index (χ4n) is 4.36. The van der Waals surface area contributed by atoms with Gasteiger partial charge in [0.1, 0.15) is 0 Å². The fourth-order valence-corrected chi connectivity index (χ4v) is 6.66. The number of amides is 2. The molecule has 10 heteroatoms. The number of nitrogens with one attached hydrogen (secondary N) is 1. The zero-order valence-electron chi connectivity index (χ0n) is 18.2. The molecule has 0 spiro atoms. The van der Waals surface area contributed by atoms with Gasteiger partial charge in [-0.3, -0.25) is 9.59 Å². The first-order chi connectivity index (χ1) is 15.8. The van der Waals surface area contributed by atoms with E-state index in [-0.39, 0.29) is 23.6 Å². The maximum Gasteiger partial charge on any atom is 0.257 e. The number of aryl methyl sites for hydroxylation is 1. The highest BCUT2D eigenvalue weighted by molar-refractivity contribution is 8.15. The zero-order chi connectivity index (χ0) is 23.2. The van der Waals surface area contributed by atoms with Gasteiger partial charge in [-0.05, 0) is 61.4 Å². The van der Waals surface area contributed by atoms with Crippen LogP contribution in [0.25, 0.3) is 0 Å². The van der Waals surface area contributed by atoms with Gasteiger partial charge in [-0.15, -0.1) is 4.40 Å². The summed E-state index contributed by atoms with van der Waals surface area (Å²) in [6.45, 7) is 3.43. The van der Waals surface area contributed by atoms with Crippen LogP contribution >= 0.6 is 11.8 Å². The smallest absolute Gasteiger partial charge is 0.257 e. The summed E-state index contributed by atoms with van der Waals surface area (Å²) in [4.78, 5) is 30.2. The summed E-state index contributed by atoms with van der Waals surface area (Å²) >= 11 is 1.29. The van der Waals surface area contributed by atoms with Crippen LogP contribution in [0, 0.1) is 6.92 Å². The van der Waals surface area contributed by atoms with Gasteiger partial charge in [0.05, 0.1) is 11.4 Å². The van der Waals surface area contributed by atoms with Crippen LogP contribution in [0.2, 0.25) is 0 Å². The van der Waals surface area contributed by atoms with Gasteiger partial charge in [-0.1, -0.05) is 18.2 Å². The van der Waals surface area contributed by atoms with Gasteiger partial charge in [0, 0.05) is 41.7 Å². The van der Waals surface area contributed by atoms with Crippen molar-refractivity contribution in [1.29, 1.82) is 0 Å². The van der Waals surface area contributed by atoms with Crippen molar-refractivity contribution in [2.45, 2.75) is 30.7 Å². The molecule has 0 atom stereocenters. The summed E-state index contributed by atoms with van der Waals surface area (Å²) in [5.41, 5.74) is 3.09. The van der Waals surface area contributed by atoms with E-state index in [1.165, 1.54) is 11.8 Å². The minimum absolute atomic E-state index is 0.00743. The summed E-state index contributed by atoms with van der Waals surface area (Å²) < 4.78 is 27.5. The molecule has 1 fully saturated rings. The highest BCUT2D eigenvalue weighted by Crippen LogP contribution is 2.42. The van der Waals surface area contributed by atoms with Gasteiger partial charge < -0.3 is 15.1 Å². The number of amidine groups is 1. The molecule has 3 heterocycles. The summed E-state index contributed by atoms with van der Waals surface area (Å²) in [6, 6.07) is 13.0. The maximum absolute atomic E-state index is 13.1. The van der Waals surface area contributed by atoms with Crippen LogP contribution in [0.15, 0.2) is 51.8 Å². The highest BCUT2D eigenvalue weighted by Gasteiger charge is 2.34. The van der Waals surface area contributed by atoms with Crippen molar-refractivity contribution in [1.82, 2.24) is 10.2 Å². The molecule has 8 nitrogen and oxygen atoms in total. The Labute approximate surface area is 197 Å². The highest BCUT2D eigenvalue weighted by atomic mass is 32.2. The second kappa shape index (κ2) is 8.49. The van der Waals surface area contributed by atoms with Crippen LogP contribution in [0.1, 0.15) is 39.1 Å². The number of thioether (sulfide) groups is 1. The van der Waals surface area contributed by atoms with Crippen molar-refractivity contribution in [3.63, 3.8) is 0 Å². The molecule has 2 aromatic rings. The minimum atomic E-state index is -3.41. The lowest BCUT2D eigenvalue weighted by Gasteiger charge is -2.32. The molecule has 1 N–H and O–H groups in total. The summed E-state index contributed by atoms with van der Waals surface area (Å²) in [7, 11) is -3.41. The lowest BCUT2D eigenvalue weighted by atomic mass is 10.0. The Kier molecular flexibility index (Phi) is 5.65. The van der Waals surface area contributed by atoms with Crippen molar-refractivity contribution in [3.8, 4) is 0 Å². The molecule has 0 bridgehead atoms. The van der Waals surface area contributed by atoms with Crippen LogP contribution in [-0.2, 0) is 10.0 Å². The predicted molar refractivity (Wildman–Crippen MR) is 128 cm³/mol. The third-order valence-electron chi connectivity index (χ3n) is 6.23. The molecule has 3 aliphatic rings. The van der Waals surface area contributed by atoms with Crippen molar-refractivity contribution in [3.05, 3.63) is 59.2 Å². The second-order valence-corrected chi connectivity index (χ2v) is 11.2. The van der Waals surface area contributed by atoms with E-state index in [4.69, 9.17) is 0 Å². The molecule has 33 heavy (non-hydrogen) atoms. The van der Waals surface area contributed by atoms with E-state index in [0.717, 1.165) is 16.1 Å². The Morgan fingerprint density at radius 1 is 1.09 bits per heavy atom. The Hall–Kier alpha value is -2.85. The average molecular weight is 485 g/mol. The first-order valence-corrected chi connectivity index (χ1v) is 13.3. The number of nitrogens with zero attached hydrogens (tertiary/aromatic N) is 3. The third kappa shape index (κ3) is 4.37. The van der Waals surface area contributed by atoms with Gasteiger partial charge >= 0.3 is 0 Å². The molecular weight excluding hydrogens is 460 g/mol. The predicted octanol–water partition coefficient (Wildman–Crippen LogP) is 2.64. The summed E-state index contributed by atoms with van der Waals surface area (Å²) in [6.07, 6.45) is 1.40. The number of fused-ring (bicyclic) bond motifs is 3. The minimum Gasteiger partial charge on any atom is -0.349 e. The molecule has 1 saturated heterocycles. The van der Waals surface area contributed by atoms with Gasteiger partial charge in [-0.25, -0.2) is 8.42 Å². The molecular formula is C23H24N4O4S2. The van der Waals surface area contributed by atoms with E-state index in [1.54, 1.807) is 6.07 Å². The number of hydrogen-bond donors (Lipinski definition) is 1. The van der Waals surface area contributed by atoms with Crippen molar-refractivity contribution in [2.75, 3.05) is 30.3 Å². The molecule has 0 unspecified atom stereocenters. The molecule has 2 amide bonds. The van der Waals surface area contributed by atoms with Crippen LogP contribution in [0.4, 0.5) is 5.69 Å². The van der Waals surface area contributed by atoms with E-state index in [0.29, 0.717) is 48.8 Å². The van der Waals surface area contributed by atoms with E-state index in [9.17, 15) is 18.0 Å². The summed E-state index contributed by atoms with van der Waals surface area (Å²) in [5.74, 6) is -0.136. The van der Waals surface area contributed by atoms with Crippen LogP contribution < -0.4 is 10.2 Å². The quantitative estimate of drug-likeness (QED) is 0.719. The monoisotopic (exact) mass is 484 g/mol. The SMILES string of the molecule is Cc1ccccc1C(=O)NC1CCN(C(=O)c2ccc3c(c2)SC2=NS(=O)(=O)CCN23)CC1. The normalized spacial score (nSPS) is 19.5. The topological polar surface area (TPSA) is 99.1 Å². The van der Waals surface area contributed by atoms with Crippen molar-refractivity contribution >= 4 is 44.5 Å². The standard InChI is InChI=1S/C23H24N4O4S2/c1-15-4-2-3-5-18(15)21(28)24-17-8-10-26(11-9-17)22(29)16-6-7-19-20(14-16)32-23-25-33(30,31)13-12-27(19)23/h2-7,14,17H,8-13H2,1H3,(H,24,28).